The fraction of sp³-hybridized carbons (Fsp3) is 0.723. The number of phosphoric acid groups is 1. The number of phosphoric ester groups is 1. The van der Waals surface area contributed by atoms with Crippen molar-refractivity contribution in [2.24, 2.45) is 0 Å². The molecule has 0 aliphatic carbocycles. The van der Waals surface area contributed by atoms with Crippen LogP contribution in [0.1, 0.15) is 252 Å². The Labute approximate surface area is 462 Å². The molecule has 0 aliphatic heterocycles. The lowest BCUT2D eigenvalue weighted by molar-refractivity contribution is -0.870. The van der Waals surface area contributed by atoms with Crippen LogP contribution in [0.2, 0.25) is 0 Å². The van der Waals surface area contributed by atoms with E-state index in [0.717, 1.165) is 96.3 Å². The van der Waals surface area contributed by atoms with E-state index < -0.39 is 20.0 Å². The number of carbonyl (C=O) groups excluding carboxylic acids is 2. The van der Waals surface area contributed by atoms with Crippen LogP contribution in [0.3, 0.4) is 0 Å². The highest BCUT2D eigenvalue weighted by molar-refractivity contribution is 7.47. The first-order valence-electron chi connectivity index (χ1n) is 30.6. The largest absolute Gasteiger partial charge is 0.472 e. The lowest BCUT2D eigenvalue weighted by Gasteiger charge is -2.27. The molecule has 0 heterocycles. The molecule has 432 valence electrons. The Balaban J connectivity index is 5.19. The van der Waals surface area contributed by atoms with Crippen molar-refractivity contribution in [1.82, 2.24) is 5.32 Å². The van der Waals surface area contributed by atoms with Gasteiger partial charge < -0.3 is 19.4 Å². The van der Waals surface area contributed by atoms with E-state index in [1.807, 2.05) is 39.4 Å². The lowest BCUT2D eigenvalue weighted by Crippen LogP contribution is -2.47. The second kappa shape index (κ2) is 54.3. The Morgan fingerprint density at radius 3 is 1.31 bits per heavy atom. The van der Waals surface area contributed by atoms with Crippen LogP contribution in [0.4, 0.5) is 0 Å². The third-order valence-electron chi connectivity index (χ3n) is 13.0. The van der Waals surface area contributed by atoms with Crippen molar-refractivity contribution in [3.05, 3.63) is 97.2 Å². The number of quaternary nitrogens is 1. The number of likely N-dealkylation sites (N-methyl/N-ethyl adjacent to an activating group) is 1. The molecule has 1 amide bonds. The van der Waals surface area contributed by atoms with Crippen LogP contribution in [0.5, 0.6) is 0 Å². The van der Waals surface area contributed by atoms with Crippen molar-refractivity contribution >= 4 is 19.7 Å². The van der Waals surface area contributed by atoms with E-state index in [1.54, 1.807) is 0 Å². The average molecular weight is 1070 g/mol. The highest BCUT2D eigenvalue weighted by atomic mass is 31.2. The summed E-state index contributed by atoms with van der Waals surface area (Å²) in [4.78, 5) is 37.6. The minimum atomic E-state index is -4.46. The summed E-state index contributed by atoms with van der Waals surface area (Å²) in [5.41, 5.74) is 0. The van der Waals surface area contributed by atoms with E-state index in [2.05, 4.69) is 105 Å². The zero-order valence-electron chi connectivity index (χ0n) is 49.3. The summed E-state index contributed by atoms with van der Waals surface area (Å²) in [6, 6.07) is -0.885. The van der Waals surface area contributed by atoms with Crippen LogP contribution >= 0.6 is 7.82 Å². The van der Waals surface area contributed by atoms with E-state index in [9.17, 15) is 19.0 Å². The zero-order valence-corrected chi connectivity index (χ0v) is 50.2. The van der Waals surface area contributed by atoms with Gasteiger partial charge in [-0.25, -0.2) is 4.57 Å². The van der Waals surface area contributed by atoms with Crippen LogP contribution in [0.15, 0.2) is 97.2 Å². The van der Waals surface area contributed by atoms with Gasteiger partial charge in [0.1, 0.15) is 19.3 Å². The molecule has 0 radical (unpaired) electrons. The maximum atomic E-state index is 13.5. The molecule has 0 aliphatic rings. The van der Waals surface area contributed by atoms with Crippen LogP contribution in [-0.2, 0) is 27.9 Å². The number of ether oxygens (including phenoxy) is 1. The SMILES string of the molecule is CC/C=C\C/C=C\C/C=C\C/C=C\C/C=C\CCCCCCCCCCCC(=O)OC(/C=C\CCCCCCCCCCC)C(COP(=O)(O)OCC[N+](C)(C)C)NC(=O)CC/C=C/C/C=C\CCCCCCCC. The highest BCUT2D eigenvalue weighted by Gasteiger charge is 2.30. The predicted octanol–water partition coefficient (Wildman–Crippen LogP) is 18.8. The number of nitrogens with zero attached hydrogens (tertiary/aromatic N) is 1. The number of carbonyl (C=O) groups is 2. The standard InChI is InChI=1S/C65H115N2O7P/c1-7-10-13-16-19-22-25-27-28-29-30-31-32-33-34-35-36-37-38-40-43-46-49-52-55-58-65(69)74-63(56-53-50-47-44-41-24-21-18-15-12-9-3)62(61-73-75(70,71)72-60-59-67(4,5)6)66-64(68)57-54-51-48-45-42-39-26-23-20-17-14-11-8-2/h10,13,19,22,27-28,30-31,33-34,39,42,48,51,53,56,62-63H,7-9,11-12,14-18,20-21,23-26,29,32,35-38,40-41,43-47,49-50,52,54-55,57-61H2,1-6H3,(H-,66,68,70,71)/p+1/b13-10-,22-19-,28-27-,31-30-,34-33-,42-39-,51-48+,56-53-. The molecule has 10 heteroatoms. The van der Waals surface area contributed by atoms with E-state index in [-0.39, 0.29) is 37.9 Å². The maximum Gasteiger partial charge on any atom is 0.472 e. The summed E-state index contributed by atoms with van der Waals surface area (Å²) >= 11 is 0. The molecule has 3 unspecified atom stereocenters. The molecule has 75 heavy (non-hydrogen) atoms. The summed E-state index contributed by atoms with van der Waals surface area (Å²) in [6.07, 6.45) is 72.9. The van der Waals surface area contributed by atoms with Gasteiger partial charge in [-0.15, -0.1) is 0 Å². The van der Waals surface area contributed by atoms with Crippen LogP contribution in [0, 0.1) is 0 Å². The first-order valence-corrected chi connectivity index (χ1v) is 32.1. The Hall–Kier alpha value is -3.07. The molecular weight excluding hydrogens is 952 g/mol. The van der Waals surface area contributed by atoms with Gasteiger partial charge in [0.2, 0.25) is 5.91 Å². The summed E-state index contributed by atoms with van der Waals surface area (Å²) in [7, 11) is 1.45. The first kappa shape index (κ1) is 71.9. The molecule has 0 fully saturated rings. The second-order valence-corrected chi connectivity index (χ2v) is 22.9. The number of rotatable bonds is 54. The molecule has 0 saturated heterocycles. The normalized spacial score (nSPS) is 14.4. The average Bonchev–Trinajstić information content (AvgIpc) is 3.37. The summed E-state index contributed by atoms with van der Waals surface area (Å²) in [5, 5.41) is 3.00. The quantitative estimate of drug-likeness (QED) is 0.0205. The molecule has 0 spiro atoms. The van der Waals surface area contributed by atoms with E-state index >= 15 is 0 Å². The number of esters is 1. The molecule has 0 bridgehead atoms. The first-order chi connectivity index (χ1) is 36.4. The molecule has 0 rings (SSSR count). The van der Waals surface area contributed by atoms with Gasteiger partial charge in [-0.3, -0.25) is 18.6 Å². The summed E-state index contributed by atoms with van der Waals surface area (Å²) in [6.45, 7) is 6.83. The minimum Gasteiger partial charge on any atom is -0.456 e. The molecule has 9 nitrogen and oxygen atoms in total. The molecule has 0 aromatic heterocycles. The number of unbranched alkanes of at least 4 members (excludes halogenated alkanes) is 24. The number of allylic oxidation sites excluding steroid dienone is 15. The fourth-order valence-electron chi connectivity index (χ4n) is 8.31. The Bertz CT molecular complexity index is 1610. The Morgan fingerprint density at radius 2 is 0.867 bits per heavy atom. The van der Waals surface area contributed by atoms with Gasteiger partial charge in [0.25, 0.3) is 0 Å². The van der Waals surface area contributed by atoms with Gasteiger partial charge in [0.15, 0.2) is 0 Å². The zero-order chi connectivity index (χ0) is 55.0. The molecule has 0 saturated carbocycles. The topological polar surface area (TPSA) is 111 Å². The monoisotopic (exact) mass is 1070 g/mol. The number of amides is 1. The van der Waals surface area contributed by atoms with Crippen molar-refractivity contribution < 1.29 is 37.3 Å². The lowest BCUT2D eigenvalue weighted by atomic mass is 10.1. The van der Waals surface area contributed by atoms with E-state index in [0.29, 0.717) is 17.4 Å². The van der Waals surface area contributed by atoms with Gasteiger partial charge in [-0.05, 0) is 96.0 Å². The van der Waals surface area contributed by atoms with E-state index in [1.165, 1.54) is 116 Å². The summed E-state index contributed by atoms with van der Waals surface area (Å²) in [5.74, 6) is -0.595. The van der Waals surface area contributed by atoms with Crippen molar-refractivity contribution in [1.29, 1.82) is 0 Å². The maximum absolute atomic E-state index is 13.5. The van der Waals surface area contributed by atoms with Crippen LogP contribution in [0.25, 0.3) is 0 Å². The van der Waals surface area contributed by atoms with Crippen molar-refractivity contribution in [2.45, 2.75) is 264 Å². The van der Waals surface area contributed by atoms with Gasteiger partial charge in [-0.2, -0.15) is 0 Å². The number of nitrogens with one attached hydrogen (secondary N) is 1. The second-order valence-electron chi connectivity index (χ2n) is 21.5. The van der Waals surface area contributed by atoms with Gasteiger partial charge in [0, 0.05) is 12.8 Å². The molecular formula is C65H116N2O7P+. The molecule has 0 aromatic rings. The van der Waals surface area contributed by atoms with Crippen molar-refractivity contribution in [3.63, 3.8) is 0 Å². The predicted molar refractivity (Wildman–Crippen MR) is 323 cm³/mol. The number of hydrogen-bond donors (Lipinski definition) is 2. The van der Waals surface area contributed by atoms with Crippen molar-refractivity contribution in [2.75, 3.05) is 40.9 Å². The molecule has 2 N–H and O–H groups in total. The Kier molecular flexibility index (Phi) is 52.1. The van der Waals surface area contributed by atoms with E-state index in [4.69, 9.17) is 13.8 Å². The third kappa shape index (κ3) is 55.5. The Morgan fingerprint density at radius 1 is 0.480 bits per heavy atom. The smallest absolute Gasteiger partial charge is 0.456 e. The van der Waals surface area contributed by atoms with Gasteiger partial charge >= 0.3 is 13.8 Å². The fourth-order valence-corrected chi connectivity index (χ4v) is 9.05. The summed E-state index contributed by atoms with van der Waals surface area (Å²) < 4.78 is 30.6. The third-order valence-corrected chi connectivity index (χ3v) is 14.0. The van der Waals surface area contributed by atoms with Crippen molar-refractivity contribution in [3.8, 4) is 0 Å². The molecule has 0 aromatic carbocycles. The van der Waals surface area contributed by atoms with Gasteiger partial charge in [0.05, 0.1) is 33.8 Å². The van der Waals surface area contributed by atoms with Crippen LogP contribution < -0.4 is 5.32 Å². The highest BCUT2D eigenvalue weighted by Crippen LogP contribution is 2.43. The minimum absolute atomic E-state index is 0.0262. The van der Waals surface area contributed by atoms with Gasteiger partial charge in [-0.1, -0.05) is 240 Å². The number of hydrogen-bond acceptors (Lipinski definition) is 6. The molecule has 3 atom stereocenters. The van der Waals surface area contributed by atoms with Crippen LogP contribution in [-0.4, -0.2) is 74.3 Å².